The summed E-state index contributed by atoms with van der Waals surface area (Å²) in [6.45, 7) is 5.86. The van der Waals surface area contributed by atoms with Crippen molar-refractivity contribution in [3.05, 3.63) is 83.4 Å². The van der Waals surface area contributed by atoms with E-state index in [0.717, 1.165) is 48.4 Å². The van der Waals surface area contributed by atoms with Crippen LogP contribution in [0.2, 0.25) is 0 Å². The van der Waals surface area contributed by atoms with Gasteiger partial charge in [-0.2, -0.15) is 0 Å². The molecule has 0 aromatic heterocycles. The highest BCUT2D eigenvalue weighted by Crippen LogP contribution is 2.32. The van der Waals surface area contributed by atoms with Crippen molar-refractivity contribution in [2.45, 2.75) is 26.7 Å². The molecule has 0 aliphatic carbocycles. The number of hydrogen-bond acceptors (Lipinski definition) is 3. The Bertz CT molecular complexity index is 1120. The second kappa shape index (κ2) is 9.56. The van der Waals surface area contributed by atoms with Gasteiger partial charge in [-0.1, -0.05) is 29.8 Å². The van der Waals surface area contributed by atoms with Crippen molar-refractivity contribution in [2.24, 2.45) is 0 Å². The molecule has 3 amide bonds. The lowest BCUT2D eigenvalue weighted by Crippen LogP contribution is -2.24. The standard InChI is InChI=1S/C26H28N4O2/c1-18-8-10-20(11-9-18)25(31)27-22-12-13-24(30-14-3-4-15-30)23(17-22)29-26(32)28-21-7-5-6-19(2)16-21/h5-13,16-17H,3-4,14-15H2,1-2H3,(H,27,31)(H2,28,29,32). The normalized spacial score (nSPS) is 13.0. The number of urea groups is 1. The number of aryl methyl sites for hydroxylation is 2. The van der Waals surface area contributed by atoms with Crippen molar-refractivity contribution in [3.63, 3.8) is 0 Å². The summed E-state index contributed by atoms with van der Waals surface area (Å²) in [6.07, 6.45) is 2.25. The third-order valence-electron chi connectivity index (χ3n) is 5.54. The van der Waals surface area contributed by atoms with Crippen LogP contribution < -0.4 is 20.9 Å². The smallest absolute Gasteiger partial charge is 0.323 e. The van der Waals surface area contributed by atoms with Crippen LogP contribution in [0.25, 0.3) is 0 Å². The summed E-state index contributed by atoms with van der Waals surface area (Å²) in [4.78, 5) is 27.6. The molecule has 1 aliphatic heterocycles. The highest BCUT2D eigenvalue weighted by Gasteiger charge is 2.18. The summed E-state index contributed by atoms with van der Waals surface area (Å²) in [5, 5.41) is 8.79. The lowest BCUT2D eigenvalue weighted by Gasteiger charge is -2.22. The first-order valence-corrected chi connectivity index (χ1v) is 10.9. The summed E-state index contributed by atoms with van der Waals surface area (Å²) in [5.74, 6) is -0.186. The van der Waals surface area contributed by atoms with Crippen LogP contribution in [0.3, 0.4) is 0 Å². The monoisotopic (exact) mass is 428 g/mol. The van der Waals surface area contributed by atoms with Crippen molar-refractivity contribution in [1.29, 1.82) is 0 Å². The predicted octanol–water partition coefficient (Wildman–Crippen LogP) is 5.80. The maximum atomic E-state index is 12.7. The van der Waals surface area contributed by atoms with E-state index in [1.165, 1.54) is 0 Å². The van der Waals surface area contributed by atoms with E-state index < -0.39 is 0 Å². The van der Waals surface area contributed by atoms with Gasteiger partial charge in [0.25, 0.3) is 5.91 Å². The molecule has 3 aromatic rings. The summed E-state index contributed by atoms with van der Waals surface area (Å²) in [6, 6.07) is 20.4. The van der Waals surface area contributed by atoms with Crippen LogP contribution in [-0.4, -0.2) is 25.0 Å². The molecule has 3 N–H and O–H groups in total. The third kappa shape index (κ3) is 5.27. The first-order chi connectivity index (χ1) is 15.5. The highest BCUT2D eigenvalue weighted by molar-refractivity contribution is 6.06. The Morgan fingerprint density at radius 1 is 0.750 bits per heavy atom. The zero-order valence-corrected chi connectivity index (χ0v) is 18.4. The summed E-state index contributed by atoms with van der Waals surface area (Å²) < 4.78 is 0. The van der Waals surface area contributed by atoms with E-state index in [4.69, 9.17) is 0 Å². The summed E-state index contributed by atoms with van der Waals surface area (Å²) in [7, 11) is 0. The Morgan fingerprint density at radius 3 is 2.19 bits per heavy atom. The number of carbonyl (C=O) groups is 2. The molecule has 6 heteroatoms. The molecule has 1 heterocycles. The summed E-state index contributed by atoms with van der Waals surface area (Å²) in [5.41, 5.74) is 5.74. The quantitative estimate of drug-likeness (QED) is 0.481. The topological polar surface area (TPSA) is 73.5 Å². The van der Waals surface area contributed by atoms with Crippen LogP contribution in [0.5, 0.6) is 0 Å². The average Bonchev–Trinajstić information content (AvgIpc) is 3.29. The zero-order chi connectivity index (χ0) is 22.5. The molecule has 0 saturated carbocycles. The van der Waals surface area contributed by atoms with Gasteiger partial charge in [0.1, 0.15) is 0 Å². The second-order valence-electron chi connectivity index (χ2n) is 8.19. The minimum absolute atomic E-state index is 0.186. The molecule has 4 rings (SSSR count). The van der Waals surface area contributed by atoms with E-state index in [-0.39, 0.29) is 11.9 Å². The average molecular weight is 429 g/mol. The molecule has 3 aromatic carbocycles. The molecule has 0 unspecified atom stereocenters. The fraction of sp³-hybridized carbons (Fsp3) is 0.231. The van der Waals surface area contributed by atoms with Crippen LogP contribution >= 0.6 is 0 Å². The van der Waals surface area contributed by atoms with Crippen LogP contribution in [0, 0.1) is 13.8 Å². The molecule has 0 radical (unpaired) electrons. The number of nitrogens with one attached hydrogen (secondary N) is 3. The number of anilines is 4. The van der Waals surface area contributed by atoms with Crippen LogP contribution in [0.15, 0.2) is 66.7 Å². The van der Waals surface area contributed by atoms with E-state index in [2.05, 4.69) is 20.9 Å². The first kappa shape index (κ1) is 21.4. The minimum Gasteiger partial charge on any atom is -0.370 e. The van der Waals surface area contributed by atoms with Crippen LogP contribution in [0.4, 0.5) is 27.5 Å². The molecule has 0 atom stereocenters. The number of nitrogens with zero attached hydrogens (tertiary/aromatic N) is 1. The maximum absolute atomic E-state index is 12.7. The SMILES string of the molecule is Cc1ccc(C(=O)Nc2ccc(N3CCCC3)c(NC(=O)Nc3cccc(C)c3)c2)cc1. The molecule has 164 valence electrons. The minimum atomic E-state index is -0.321. The van der Waals surface area contributed by atoms with Crippen molar-refractivity contribution in [2.75, 3.05) is 33.9 Å². The Hall–Kier alpha value is -3.80. The van der Waals surface area contributed by atoms with Gasteiger partial charge in [0.05, 0.1) is 11.4 Å². The van der Waals surface area contributed by atoms with Crippen molar-refractivity contribution < 1.29 is 9.59 Å². The molecular weight excluding hydrogens is 400 g/mol. The van der Waals surface area contributed by atoms with Crippen molar-refractivity contribution >= 4 is 34.7 Å². The Balaban J connectivity index is 1.54. The van der Waals surface area contributed by atoms with E-state index in [1.807, 2.05) is 68.4 Å². The molecule has 6 nitrogen and oxygen atoms in total. The number of carbonyl (C=O) groups excluding carboxylic acids is 2. The lowest BCUT2D eigenvalue weighted by molar-refractivity contribution is 0.102. The van der Waals surface area contributed by atoms with Gasteiger partial charge in [0.15, 0.2) is 0 Å². The van der Waals surface area contributed by atoms with Gasteiger partial charge in [-0.25, -0.2) is 4.79 Å². The van der Waals surface area contributed by atoms with Gasteiger partial charge in [-0.15, -0.1) is 0 Å². The van der Waals surface area contributed by atoms with Gasteiger partial charge in [0.2, 0.25) is 0 Å². The molecular formula is C26H28N4O2. The molecule has 1 fully saturated rings. The van der Waals surface area contributed by atoms with Gasteiger partial charge in [0, 0.05) is 30.0 Å². The van der Waals surface area contributed by atoms with Crippen LogP contribution in [-0.2, 0) is 0 Å². The van der Waals surface area contributed by atoms with E-state index in [0.29, 0.717) is 16.9 Å². The Morgan fingerprint density at radius 2 is 1.47 bits per heavy atom. The summed E-state index contributed by atoms with van der Waals surface area (Å²) >= 11 is 0. The third-order valence-corrected chi connectivity index (χ3v) is 5.54. The van der Waals surface area contributed by atoms with Gasteiger partial charge in [-0.05, 0) is 74.7 Å². The number of benzene rings is 3. The molecule has 1 aliphatic rings. The lowest BCUT2D eigenvalue weighted by atomic mass is 10.1. The van der Waals surface area contributed by atoms with E-state index >= 15 is 0 Å². The predicted molar refractivity (Wildman–Crippen MR) is 131 cm³/mol. The van der Waals surface area contributed by atoms with E-state index in [9.17, 15) is 9.59 Å². The highest BCUT2D eigenvalue weighted by atomic mass is 16.2. The van der Waals surface area contributed by atoms with Crippen molar-refractivity contribution in [1.82, 2.24) is 0 Å². The second-order valence-corrected chi connectivity index (χ2v) is 8.19. The molecule has 0 bridgehead atoms. The molecule has 32 heavy (non-hydrogen) atoms. The molecule has 0 spiro atoms. The van der Waals surface area contributed by atoms with Crippen molar-refractivity contribution in [3.8, 4) is 0 Å². The zero-order valence-electron chi connectivity index (χ0n) is 18.4. The Labute approximate surface area is 188 Å². The number of amides is 3. The van der Waals surface area contributed by atoms with Gasteiger partial charge >= 0.3 is 6.03 Å². The van der Waals surface area contributed by atoms with Crippen LogP contribution in [0.1, 0.15) is 34.3 Å². The van der Waals surface area contributed by atoms with E-state index in [1.54, 1.807) is 12.1 Å². The fourth-order valence-corrected chi connectivity index (χ4v) is 3.86. The largest absolute Gasteiger partial charge is 0.370 e. The van der Waals surface area contributed by atoms with Gasteiger partial charge in [-0.3, -0.25) is 4.79 Å². The van der Waals surface area contributed by atoms with Gasteiger partial charge < -0.3 is 20.9 Å². The Kier molecular flexibility index (Phi) is 6.40. The maximum Gasteiger partial charge on any atom is 0.323 e. The number of hydrogen-bond donors (Lipinski definition) is 3. The fourth-order valence-electron chi connectivity index (χ4n) is 3.86. The first-order valence-electron chi connectivity index (χ1n) is 10.9. The number of rotatable bonds is 5. The molecule has 1 saturated heterocycles.